The van der Waals surface area contributed by atoms with Gasteiger partial charge in [-0.1, -0.05) is 23.7 Å². The van der Waals surface area contributed by atoms with E-state index in [0.717, 1.165) is 58.1 Å². The Kier molecular flexibility index (Phi) is 11.7. The molecule has 0 radical (unpaired) electrons. The van der Waals surface area contributed by atoms with Crippen LogP contribution in [0.2, 0.25) is 4.34 Å². The van der Waals surface area contributed by atoms with Gasteiger partial charge in [-0.05, 0) is 94.3 Å². The molecule has 1 aromatic heterocycles. The maximum Gasteiger partial charge on any atom is 0.123 e. The maximum atomic E-state index is 13.0. The number of unbranched alkanes of at least 4 members (excludes halogenated alkanes) is 1. The number of nitrogens with one attached hydrogen (secondary N) is 1. The lowest BCUT2D eigenvalue weighted by molar-refractivity contribution is -0.107. The number of rotatable bonds is 15. The Hall–Kier alpha value is -0.960. The van der Waals surface area contributed by atoms with Crippen LogP contribution in [0.15, 0.2) is 34.5 Å². The first-order valence-corrected chi connectivity index (χ1v) is 12.9. The number of nitrogens with zero attached hydrogens (tertiary/aromatic N) is 1. The van der Waals surface area contributed by atoms with Crippen LogP contribution in [0.1, 0.15) is 50.7 Å². The first-order chi connectivity index (χ1) is 15.2. The fourth-order valence-electron chi connectivity index (χ4n) is 3.39. The van der Waals surface area contributed by atoms with E-state index in [2.05, 4.69) is 25.2 Å². The number of aliphatic hydroxyl groups excluding tert-OH is 1. The number of hydrogen-bond donors (Lipinski definition) is 2. The van der Waals surface area contributed by atoms with Gasteiger partial charge in [0.1, 0.15) is 12.1 Å². The number of aliphatic hydroxyl groups is 1. The van der Waals surface area contributed by atoms with Gasteiger partial charge < -0.3 is 15.2 Å². The van der Waals surface area contributed by atoms with Gasteiger partial charge in [-0.25, -0.2) is 8.70 Å². The third-order valence-corrected chi connectivity index (χ3v) is 7.68. The summed E-state index contributed by atoms with van der Waals surface area (Å²) < 4.78 is 16.9. The Labute approximate surface area is 204 Å². The number of β-amino-alcohol motifs (C(OH)–C–C–N with tert-alkyl or cyclic N) is 1. The number of carbonyl (C=O) groups excluding carboxylic acids is 1. The average molecular weight is 501 g/mol. The van der Waals surface area contributed by atoms with Crippen LogP contribution in [0.3, 0.4) is 0 Å². The molecule has 0 bridgehead atoms. The van der Waals surface area contributed by atoms with E-state index in [1.807, 2.05) is 23.5 Å². The highest BCUT2D eigenvalue weighted by atomic mass is 35.5. The van der Waals surface area contributed by atoms with E-state index in [-0.39, 0.29) is 11.4 Å². The van der Waals surface area contributed by atoms with E-state index in [4.69, 9.17) is 11.6 Å². The Morgan fingerprint density at radius 2 is 2.00 bits per heavy atom. The number of aryl methyl sites for hydroxylation is 2. The minimum absolute atomic E-state index is 0.0928. The Morgan fingerprint density at radius 1 is 1.28 bits per heavy atom. The zero-order valence-corrected chi connectivity index (χ0v) is 21.5. The van der Waals surface area contributed by atoms with Crippen molar-refractivity contribution >= 4 is 41.2 Å². The zero-order valence-electron chi connectivity index (χ0n) is 19.1. The Bertz CT molecular complexity index is 830. The van der Waals surface area contributed by atoms with E-state index in [1.54, 1.807) is 11.9 Å². The fourth-order valence-corrected chi connectivity index (χ4v) is 6.13. The molecule has 0 aliphatic rings. The number of hydrogen-bond acceptors (Lipinski definition) is 6. The lowest BCUT2D eigenvalue weighted by Gasteiger charge is -2.29. The van der Waals surface area contributed by atoms with Crippen LogP contribution in [0.4, 0.5) is 4.39 Å². The van der Waals surface area contributed by atoms with Crippen molar-refractivity contribution in [3.8, 4) is 0 Å². The van der Waals surface area contributed by atoms with Crippen molar-refractivity contribution in [3.05, 3.63) is 51.6 Å². The third-order valence-electron chi connectivity index (χ3n) is 5.21. The first-order valence-electron chi connectivity index (χ1n) is 11.0. The van der Waals surface area contributed by atoms with Crippen molar-refractivity contribution in [2.45, 2.75) is 68.2 Å². The predicted octanol–water partition coefficient (Wildman–Crippen LogP) is 5.75. The lowest BCUT2D eigenvalue weighted by atomic mass is 9.95. The molecule has 4 nitrogen and oxygen atoms in total. The largest absolute Gasteiger partial charge is 0.390 e. The highest BCUT2D eigenvalue weighted by Gasteiger charge is 2.19. The maximum absolute atomic E-state index is 13.0. The Balaban J connectivity index is 1.69. The van der Waals surface area contributed by atoms with Crippen LogP contribution in [0.5, 0.6) is 0 Å². The second-order valence-corrected chi connectivity index (χ2v) is 11.9. The molecule has 0 saturated carbocycles. The smallest absolute Gasteiger partial charge is 0.123 e. The monoisotopic (exact) mass is 500 g/mol. The van der Waals surface area contributed by atoms with Crippen LogP contribution in [0.25, 0.3) is 0 Å². The van der Waals surface area contributed by atoms with E-state index >= 15 is 0 Å². The van der Waals surface area contributed by atoms with Crippen LogP contribution in [-0.2, 0) is 17.6 Å². The summed E-state index contributed by atoms with van der Waals surface area (Å²) in [6, 6.07) is 8.75. The summed E-state index contributed by atoms with van der Waals surface area (Å²) in [7, 11) is 1.96. The highest BCUT2D eigenvalue weighted by Crippen LogP contribution is 2.36. The molecule has 32 heavy (non-hydrogen) atoms. The van der Waals surface area contributed by atoms with E-state index in [0.29, 0.717) is 19.5 Å². The van der Waals surface area contributed by atoms with Crippen molar-refractivity contribution in [1.82, 2.24) is 9.62 Å². The summed E-state index contributed by atoms with van der Waals surface area (Å²) in [5, 5.41) is 14.0. The van der Waals surface area contributed by atoms with Crippen LogP contribution in [0, 0.1) is 5.82 Å². The second kappa shape index (κ2) is 13.7. The third kappa shape index (κ3) is 10.3. The van der Waals surface area contributed by atoms with Gasteiger partial charge in [-0.2, -0.15) is 0 Å². The van der Waals surface area contributed by atoms with Crippen LogP contribution < -0.4 is 5.32 Å². The molecule has 0 aliphatic carbocycles. The molecular formula is C24H34ClFN2O2S2. The minimum atomic E-state index is -0.494. The standard InChI is InChI=1S/C24H34ClFN2O2S2/c1-24(2,13-6-7-18-9-11-20(26)12-10-18)27-16-21(30)17-28(3)32-22-15-19(23(25)31-22)8-4-5-14-29/h9-12,14-15,21,27,30H,4-8,13,16-17H2,1-3H3. The van der Waals surface area contributed by atoms with Crippen molar-refractivity contribution in [3.63, 3.8) is 0 Å². The fraction of sp³-hybridized carbons (Fsp3) is 0.542. The molecule has 1 unspecified atom stereocenters. The van der Waals surface area contributed by atoms with Gasteiger partial charge in [0.2, 0.25) is 0 Å². The van der Waals surface area contributed by atoms with Crippen LogP contribution >= 0.6 is 34.9 Å². The van der Waals surface area contributed by atoms with Gasteiger partial charge in [-0.15, -0.1) is 11.3 Å². The molecule has 0 aliphatic heterocycles. The molecule has 0 spiro atoms. The van der Waals surface area contributed by atoms with Gasteiger partial charge in [0.05, 0.1) is 14.6 Å². The first kappa shape index (κ1) is 27.3. The molecule has 0 amide bonds. The molecule has 8 heteroatoms. The predicted molar refractivity (Wildman–Crippen MR) is 134 cm³/mol. The van der Waals surface area contributed by atoms with Crippen molar-refractivity contribution in [2.24, 2.45) is 0 Å². The highest BCUT2D eigenvalue weighted by molar-refractivity contribution is 7.99. The normalized spacial score (nSPS) is 13.0. The van der Waals surface area contributed by atoms with Crippen LogP contribution in [-0.4, -0.2) is 47.5 Å². The molecule has 2 rings (SSSR count). The van der Waals surface area contributed by atoms with Gasteiger partial charge >= 0.3 is 0 Å². The van der Waals surface area contributed by atoms with Crippen molar-refractivity contribution in [2.75, 3.05) is 20.1 Å². The quantitative estimate of drug-likeness (QED) is 0.185. The van der Waals surface area contributed by atoms with Crippen molar-refractivity contribution < 1.29 is 14.3 Å². The molecular weight excluding hydrogens is 467 g/mol. The lowest BCUT2D eigenvalue weighted by Crippen LogP contribution is -2.45. The number of aldehydes is 1. The van der Waals surface area contributed by atoms with E-state index < -0.39 is 6.10 Å². The molecule has 178 valence electrons. The second-order valence-electron chi connectivity index (χ2n) is 8.72. The van der Waals surface area contributed by atoms with Crippen molar-refractivity contribution in [1.29, 1.82) is 0 Å². The molecule has 1 atom stereocenters. The topological polar surface area (TPSA) is 52.6 Å². The number of carbonyl (C=O) groups is 1. The molecule has 2 aromatic rings. The Morgan fingerprint density at radius 3 is 2.69 bits per heavy atom. The summed E-state index contributed by atoms with van der Waals surface area (Å²) in [6.45, 7) is 5.32. The summed E-state index contributed by atoms with van der Waals surface area (Å²) >= 11 is 9.43. The number of benzene rings is 1. The zero-order chi connectivity index (χ0) is 23.6. The SMILES string of the molecule is CN(CC(O)CNC(C)(C)CCCc1ccc(F)cc1)Sc1cc(CCCC=O)c(Cl)s1. The van der Waals surface area contributed by atoms with E-state index in [9.17, 15) is 14.3 Å². The summed E-state index contributed by atoms with van der Waals surface area (Å²) in [4.78, 5) is 10.5. The minimum Gasteiger partial charge on any atom is -0.390 e. The summed E-state index contributed by atoms with van der Waals surface area (Å²) in [6.07, 6.45) is 5.47. The summed E-state index contributed by atoms with van der Waals surface area (Å²) in [5.74, 6) is -0.204. The van der Waals surface area contributed by atoms with Gasteiger partial charge in [-0.3, -0.25) is 0 Å². The van der Waals surface area contributed by atoms with Gasteiger partial charge in [0.25, 0.3) is 0 Å². The molecule has 1 aromatic carbocycles. The van der Waals surface area contributed by atoms with Gasteiger partial charge in [0.15, 0.2) is 0 Å². The number of halogens is 2. The summed E-state index contributed by atoms with van der Waals surface area (Å²) in [5.41, 5.74) is 2.13. The molecule has 0 saturated heterocycles. The molecule has 1 heterocycles. The molecule has 2 N–H and O–H groups in total. The number of thiophene rings is 1. The molecule has 0 fully saturated rings. The van der Waals surface area contributed by atoms with E-state index in [1.165, 1.54) is 23.5 Å². The average Bonchev–Trinajstić information content (AvgIpc) is 3.07. The number of likely N-dealkylation sites (N-methyl/N-ethyl adjacent to an activating group) is 1. The van der Waals surface area contributed by atoms with Gasteiger partial charge in [0, 0.05) is 25.0 Å².